The summed E-state index contributed by atoms with van der Waals surface area (Å²) in [5.41, 5.74) is 0. The maximum Gasteiger partial charge on any atom is 0.306 e. The molecule has 63 heavy (non-hydrogen) atoms. The summed E-state index contributed by atoms with van der Waals surface area (Å²) in [6.45, 7) is 6.45. The topological polar surface area (TPSA) is 78.9 Å². The van der Waals surface area contributed by atoms with Crippen molar-refractivity contribution >= 4 is 17.9 Å². The van der Waals surface area contributed by atoms with Gasteiger partial charge in [-0.2, -0.15) is 0 Å². The van der Waals surface area contributed by atoms with E-state index in [-0.39, 0.29) is 31.1 Å². The van der Waals surface area contributed by atoms with Gasteiger partial charge in [-0.05, 0) is 96.3 Å². The predicted octanol–water partition coefficient (Wildman–Crippen LogP) is 17.2. The van der Waals surface area contributed by atoms with Gasteiger partial charge in [0, 0.05) is 19.3 Å². The van der Waals surface area contributed by atoms with E-state index in [1.165, 1.54) is 77.0 Å². The molecule has 0 saturated carbocycles. The Labute approximate surface area is 388 Å². The molecule has 0 fully saturated rings. The molecule has 0 aliphatic heterocycles. The van der Waals surface area contributed by atoms with Gasteiger partial charge >= 0.3 is 17.9 Å². The molecule has 0 aliphatic rings. The molecular weight excluding hydrogens is 781 g/mol. The van der Waals surface area contributed by atoms with E-state index in [4.69, 9.17) is 14.2 Å². The SMILES string of the molecule is CC/C=C\C/C=C\C/C=C\C/C=C\C/C=C\CCCCCC(=O)OC[C@H](COC(=O)CCCCCCCCCCCCC)OC(=O)CCCCCCC/C=C\C/C=C\CCCCC. The van der Waals surface area contributed by atoms with E-state index in [9.17, 15) is 14.4 Å². The second-order valence-corrected chi connectivity index (χ2v) is 17.1. The predicted molar refractivity (Wildman–Crippen MR) is 270 cm³/mol. The molecule has 1 atom stereocenters. The van der Waals surface area contributed by atoms with Crippen LogP contribution in [0.4, 0.5) is 0 Å². The summed E-state index contributed by atoms with van der Waals surface area (Å²) < 4.78 is 16.8. The van der Waals surface area contributed by atoms with Gasteiger partial charge in [0.05, 0.1) is 0 Å². The average Bonchev–Trinajstić information content (AvgIpc) is 3.28. The first-order valence-corrected chi connectivity index (χ1v) is 26.1. The molecule has 0 aromatic rings. The highest BCUT2D eigenvalue weighted by Crippen LogP contribution is 2.14. The van der Waals surface area contributed by atoms with Crippen molar-refractivity contribution in [1.29, 1.82) is 0 Å². The Hall–Kier alpha value is -3.41. The molecule has 0 amide bonds. The van der Waals surface area contributed by atoms with Crippen LogP contribution in [-0.4, -0.2) is 37.2 Å². The molecule has 0 heterocycles. The van der Waals surface area contributed by atoms with Crippen LogP contribution in [0.15, 0.2) is 85.1 Å². The number of rotatable bonds is 46. The third kappa shape index (κ3) is 49.5. The van der Waals surface area contributed by atoms with Crippen LogP contribution in [0.5, 0.6) is 0 Å². The third-order valence-electron chi connectivity index (χ3n) is 10.9. The van der Waals surface area contributed by atoms with E-state index < -0.39 is 6.10 Å². The van der Waals surface area contributed by atoms with Crippen molar-refractivity contribution in [2.45, 2.75) is 245 Å². The summed E-state index contributed by atoms with van der Waals surface area (Å²) in [6.07, 6.45) is 65.6. The Morgan fingerprint density at radius 1 is 0.333 bits per heavy atom. The maximum absolute atomic E-state index is 12.8. The van der Waals surface area contributed by atoms with Crippen LogP contribution >= 0.6 is 0 Å². The lowest BCUT2D eigenvalue weighted by Crippen LogP contribution is -2.30. The lowest BCUT2D eigenvalue weighted by atomic mass is 10.1. The summed E-state index contributed by atoms with van der Waals surface area (Å²) in [5.74, 6) is -0.940. The van der Waals surface area contributed by atoms with Crippen LogP contribution in [0.3, 0.4) is 0 Å². The monoisotopic (exact) mass is 877 g/mol. The highest BCUT2D eigenvalue weighted by molar-refractivity contribution is 5.71. The van der Waals surface area contributed by atoms with Gasteiger partial charge in [0.1, 0.15) is 13.2 Å². The van der Waals surface area contributed by atoms with E-state index in [1.807, 2.05) is 0 Å². The molecule has 0 saturated heterocycles. The smallest absolute Gasteiger partial charge is 0.306 e. The number of carbonyl (C=O) groups excluding carboxylic acids is 3. The van der Waals surface area contributed by atoms with Gasteiger partial charge in [-0.15, -0.1) is 0 Å². The van der Waals surface area contributed by atoms with E-state index in [0.29, 0.717) is 19.3 Å². The van der Waals surface area contributed by atoms with Gasteiger partial charge in [0.15, 0.2) is 6.10 Å². The van der Waals surface area contributed by atoms with Crippen molar-refractivity contribution < 1.29 is 28.6 Å². The van der Waals surface area contributed by atoms with Gasteiger partial charge in [0.2, 0.25) is 0 Å². The van der Waals surface area contributed by atoms with Gasteiger partial charge in [0.25, 0.3) is 0 Å². The molecule has 0 bridgehead atoms. The first-order valence-electron chi connectivity index (χ1n) is 26.1. The molecule has 6 heteroatoms. The normalized spacial score (nSPS) is 12.7. The zero-order valence-corrected chi connectivity index (χ0v) is 41.1. The second kappa shape index (κ2) is 51.2. The number of carbonyl (C=O) groups is 3. The van der Waals surface area contributed by atoms with E-state index in [0.717, 1.165) is 122 Å². The molecule has 0 rings (SSSR count). The summed E-state index contributed by atoms with van der Waals surface area (Å²) in [5, 5.41) is 0. The molecule has 6 nitrogen and oxygen atoms in total. The second-order valence-electron chi connectivity index (χ2n) is 17.1. The zero-order chi connectivity index (χ0) is 45.8. The van der Waals surface area contributed by atoms with Crippen LogP contribution < -0.4 is 0 Å². The first kappa shape index (κ1) is 59.6. The fraction of sp³-hybridized carbons (Fsp3) is 0.702. The van der Waals surface area contributed by atoms with Gasteiger partial charge in [-0.1, -0.05) is 209 Å². The highest BCUT2D eigenvalue weighted by Gasteiger charge is 2.19. The molecular formula is C57H96O6. The number of hydrogen-bond acceptors (Lipinski definition) is 6. The van der Waals surface area contributed by atoms with E-state index in [1.54, 1.807) is 0 Å². The van der Waals surface area contributed by atoms with Crippen molar-refractivity contribution in [3.05, 3.63) is 85.1 Å². The van der Waals surface area contributed by atoms with Gasteiger partial charge in [-0.25, -0.2) is 0 Å². The van der Waals surface area contributed by atoms with Crippen molar-refractivity contribution in [3.63, 3.8) is 0 Å². The minimum Gasteiger partial charge on any atom is -0.462 e. The van der Waals surface area contributed by atoms with Crippen molar-refractivity contribution in [3.8, 4) is 0 Å². The number of esters is 3. The van der Waals surface area contributed by atoms with Crippen molar-refractivity contribution in [2.75, 3.05) is 13.2 Å². The van der Waals surface area contributed by atoms with Crippen molar-refractivity contribution in [1.82, 2.24) is 0 Å². The fourth-order valence-corrected chi connectivity index (χ4v) is 6.97. The van der Waals surface area contributed by atoms with E-state index in [2.05, 4.69) is 106 Å². The summed E-state index contributed by atoms with van der Waals surface area (Å²) >= 11 is 0. The van der Waals surface area contributed by atoms with Crippen molar-refractivity contribution in [2.24, 2.45) is 0 Å². The van der Waals surface area contributed by atoms with Gasteiger partial charge < -0.3 is 14.2 Å². The number of ether oxygens (including phenoxy) is 3. The Balaban J connectivity index is 4.45. The quantitative estimate of drug-likeness (QED) is 0.0262. The summed E-state index contributed by atoms with van der Waals surface area (Å²) in [7, 11) is 0. The van der Waals surface area contributed by atoms with Crippen LogP contribution in [-0.2, 0) is 28.6 Å². The minimum atomic E-state index is -0.795. The highest BCUT2D eigenvalue weighted by atomic mass is 16.6. The Kier molecular flexibility index (Phi) is 48.5. The van der Waals surface area contributed by atoms with Gasteiger partial charge in [-0.3, -0.25) is 14.4 Å². The largest absolute Gasteiger partial charge is 0.462 e. The number of hydrogen-bond donors (Lipinski definition) is 0. The zero-order valence-electron chi connectivity index (χ0n) is 41.1. The summed E-state index contributed by atoms with van der Waals surface area (Å²) in [6, 6.07) is 0. The minimum absolute atomic E-state index is 0.0920. The Morgan fingerprint density at radius 2 is 0.619 bits per heavy atom. The molecule has 0 aromatic heterocycles. The summed E-state index contributed by atoms with van der Waals surface area (Å²) in [4.78, 5) is 38.0. The molecule has 0 aromatic carbocycles. The average molecular weight is 877 g/mol. The lowest BCUT2D eigenvalue weighted by Gasteiger charge is -2.18. The van der Waals surface area contributed by atoms with E-state index >= 15 is 0 Å². The first-order chi connectivity index (χ1) is 31.0. The molecule has 0 spiro atoms. The Morgan fingerprint density at radius 3 is 1.02 bits per heavy atom. The molecule has 0 unspecified atom stereocenters. The third-order valence-corrected chi connectivity index (χ3v) is 10.9. The van der Waals surface area contributed by atoms with Crippen LogP contribution in [0.25, 0.3) is 0 Å². The van der Waals surface area contributed by atoms with Crippen LogP contribution in [0.2, 0.25) is 0 Å². The molecule has 0 radical (unpaired) electrons. The standard InChI is InChI=1S/C57H96O6/c1-4-7-10-13-16-19-22-24-26-27-28-29-31-32-35-38-41-44-47-50-56(59)62-53-54(52-61-55(58)49-46-43-40-37-34-21-18-15-12-9-6-3)63-57(60)51-48-45-42-39-36-33-30-25-23-20-17-14-11-8-5-2/h7,10,16-17,19-20,24-26,28-30,32,35,54H,4-6,8-9,11-15,18,21-23,27,31,33-34,36-53H2,1-3H3/b10-7-,19-16-,20-17-,26-24-,29-28-,30-25-,35-32-/t54-/m0/s1. The molecule has 0 N–H and O–H groups in total. The van der Waals surface area contributed by atoms with Crippen LogP contribution in [0, 0.1) is 0 Å². The number of allylic oxidation sites excluding steroid dienone is 14. The maximum atomic E-state index is 12.8. The molecule has 360 valence electrons. The molecule has 0 aliphatic carbocycles. The lowest BCUT2D eigenvalue weighted by molar-refractivity contribution is -0.167. The number of unbranched alkanes of at least 4 members (excludes halogenated alkanes) is 21. The Bertz CT molecular complexity index is 1240. The van der Waals surface area contributed by atoms with Crippen LogP contribution in [0.1, 0.15) is 239 Å². The fourth-order valence-electron chi connectivity index (χ4n) is 6.97.